The minimum Gasteiger partial charge on any atom is -0.340 e. The number of fused-ring (bicyclic) bond motifs is 3. The van der Waals surface area contributed by atoms with Crippen molar-refractivity contribution in [3.8, 4) is 0 Å². The highest BCUT2D eigenvalue weighted by atomic mass is 19.1. The molecule has 1 atom stereocenters. The molecular formula is C20H21FN8O. The number of amides is 1. The fourth-order valence-corrected chi connectivity index (χ4v) is 5.11. The first-order chi connectivity index (χ1) is 14.4. The van der Waals surface area contributed by atoms with Gasteiger partial charge in [-0.3, -0.25) is 4.79 Å². The zero-order valence-corrected chi connectivity index (χ0v) is 16.7. The fourth-order valence-electron chi connectivity index (χ4n) is 5.11. The number of hydrogen-bond donors (Lipinski definition) is 1. The number of carbonyl (C=O) groups excluding carboxylic acids is 1. The van der Waals surface area contributed by atoms with Crippen LogP contribution in [0.15, 0.2) is 24.8 Å². The molecular weight excluding hydrogens is 387 g/mol. The number of rotatable bonds is 3. The summed E-state index contributed by atoms with van der Waals surface area (Å²) < 4.78 is 15.9. The van der Waals surface area contributed by atoms with Crippen LogP contribution in [0.3, 0.4) is 0 Å². The van der Waals surface area contributed by atoms with Gasteiger partial charge in [0, 0.05) is 19.0 Å². The molecule has 154 valence electrons. The molecule has 0 spiro atoms. The predicted octanol–water partition coefficient (Wildman–Crippen LogP) is 2.24. The van der Waals surface area contributed by atoms with E-state index >= 15 is 0 Å². The van der Waals surface area contributed by atoms with E-state index in [0.717, 1.165) is 29.7 Å². The van der Waals surface area contributed by atoms with Crippen LogP contribution in [0.4, 0.5) is 27.5 Å². The van der Waals surface area contributed by atoms with Crippen LogP contribution in [0.25, 0.3) is 5.65 Å². The Kier molecular flexibility index (Phi) is 3.43. The average Bonchev–Trinajstić information content (AvgIpc) is 3.36. The molecule has 1 amide bonds. The Bertz CT molecular complexity index is 1190. The topological polar surface area (TPSA) is 91.5 Å². The Morgan fingerprint density at radius 3 is 2.87 bits per heavy atom. The van der Waals surface area contributed by atoms with Gasteiger partial charge in [0.2, 0.25) is 11.9 Å². The Morgan fingerprint density at radius 1 is 1.27 bits per heavy atom. The molecule has 2 bridgehead atoms. The van der Waals surface area contributed by atoms with Gasteiger partial charge in [-0.15, -0.1) is 0 Å². The molecule has 0 saturated heterocycles. The lowest BCUT2D eigenvalue weighted by atomic mass is 9.75. The third-order valence-corrected chi connectivity index (χ3v) is 6.85. The predicted molar refractivity (Wildman–Crippen MR) is 109 cm³/mol. The van der Waals surface area contributed by atoms with Crippen molar-refractivity contribution in [2.75, 3.05) is 28.7 Å². The lowest BCUT2D eigenvalue weighted by Gasteiger charge is -2.50. The molecule has 9 nitrogen and oxygen atoms in total. The summed E-state index contributed by atoms with van der Waals surface area (Å²) in [5, 5.41) is 7.43. The number of anilines is 4. The maximum atomic E-state index is 14.2. The van der Waals surface area contributed by atoms with Gasteiger partial charge < -0.3 is 15.1 Å². The lowest BCUT2D eigenvalue weighted by Crippen LogP contribution is -2.58. The van der Waals surface area contributed by atoms with E-state index in [1.165, 1.54) is 6.33 Å². The molecule has 3 aromatic heterocycles. The van der Waals surface area contributed by atoms with E-state index in [1.54, 1.807) is 22.7 Å². The molecule has 3 fully saturated rings. The molecule has 30 heavy (non-hydrogen) atoms. The quantitative estimate of drug-likeness (QED) is 0.711. The monoisotopic (exact) mass is 408 g/mol. The molecule has 1 aliphatic heterocycles. The van der Waals surface area contributed by atoms with Gasteiger partial charge in [0.1, 0.15) is 18.2 Å². The van der Waals surface area contributed by atoms with Crippen LogP contribution in [0.5, 0.6) is 0 Å². The van der Waals surface area contributed by atoms with Gasteiger partial charge in [-0.2, -0.15) is 10.1 Å². The van der Waals surface area contributed by atoms with Crippen molar-refractivity contribution in [3.63, 3.8) is 0 Å². The molecule has 3 saturated carbocycles. The van der Waals surface area contributed by atoms with Crippen molar-refractivity contribution in [1.29, 1.82) is 0 Å². The molecule has 10 heteroatoms. The number of aryl methyl sites for hydroxylation is 1. The van der Waals surface area contributed by atoms with Crippen LogP contribution in [-0.2, 0) is 4.79 Å². The molecule has 1 N–H and O–H groups in total. The third-order valence-electron chi connectivity index (χ3n) is 6.85. The normalized spacial score (nSPS) is 27.4. The molecule has 4 aliphatic rings. The van der Waals surface area contributed by atoms with Gasteiger partial charge in [0.05, 0.1) is 24.6 Å². The summed E-state index contributed by atoms with van der Waals surface area (Å²) in [4.78, 5) is 29.6. The zero-order valence-electron chi connectivity index (χ0n) is 16.7. The van der Waals surface area contributed by atoms with E-state index in [4.69, 9.17) is 4.98 Å². The van der Waals surface area contributed by atoms with E-state index in [9.17, 15) is 9.18 Å². The summed E-state index contributed by atoms with van der Waals surface area (Å²) in [5.41, 5.74) is 2.90. The molecule has 1 unspecified atom stereocenters. The number of pyridine rings is 1. The Balaban J connectivity index is 1.39. The van der Waals surface area contributed by atoms with Gasteiger partial charge in [0.15, 0.2) is 11.5 Å². The molecule has 3 aliphatic carbocycles. The second-order valence-corrected chi connectivity index (χ2v) is 8.61. The van der Waals surface area contributed by atoms with E-state index in [0.29, 0.717) is 23.9 Å². The standard InChI is InChI=1S/C20H21FN8O/c1-11-3-16-23-10-24-29(16)8-14(11)25-19-22-7-15-18(26-19)28(9-17(30)27(15)2)20-4-12(5-20)13(21)6-20/h3,7-8,10,12-13H,4-6,9H2,1-2H3,(H,22,25,26). The van der Waals surface area contributed by atoms with Gasteiger partial charge >= 0.3 is 0 Å². The van der Waals surface area contributed by atoms with Crippen LogP contribution in [0.1, 0.15) is 24.8 Å². The maximum Gasteiger partial charge on any atom is 0.246 e. The van der Waals surface area contributed by atoms with E-state index in [2.05, 4.69) is 20.4 Å². The van der Waals surface area contributed by atoms with Gasteiger partial charge in [-0.05, 0) is 37.3 Å². The maximum absolute atomic E-state index is 14.2. The van der Waals surface area contributed by atoms with Crippen LogP contribution in [-0.4, -0.2) is 55.8 Å². The SMILES string of the molecule is Cc1cc2ncnn2cc1Nc1ncc2c(n1)N(C13CC(F)C(C1)C3)CC(=O)N2C. The zero-order chi connectivity index (χ0) is 20.6. The van der Waals surface area contributed by atoms with Crippen LogP contribution < -0.4 is 15.1 Å². The number of hydrogen-bond acceptors (Lipinski definition) is 7. The number of nitrogens with zero attached hydrogens (tertiary/aromatic N) is 7. The highest BCUT2D eigenvalue weighted by Gasteiger charge is 2.61. The van der Waals surface area contributed by atoms with Gasteiger partial charge in [-0.1, -0.05) is 0 Å². The van der Waals surface area contributed by atoms with Crippen molar-refractivity contribution in [2.45, 2.75) is 37.9 Å². The van der Waals surface area contributed by atoms with Crippen molar-refractivity contribution in [1.82, 2.24) is 24.6 Å². The van der Waals surface area contributed by atoms with Crippen LogP contribution in [0, 0.1) is 12.8 Å². The first-order valence-electron chi connectivity index (χ1n) is 10.1. The van der Waals surface area contributed by atoms with E-state index < -0.39 is 6.17 Å². The minimum absolute atomic E-state index is 0.0283. The smallest absolute Gasteiger partial charge is 0.246 e. The number of likely N-dealkylation sites (N-methyl/N-ethyl adjacent to an activating group) is 1. The van der Waals surface area contributed by atoms with E-state index in [-0.39, 0.29) is 23.9 Å². The second-order valence-electron chi connectivity index (χ2n) is 8.61. The largest absolute Gasteiger partial charge is 0.340 e. The Labute approximate surface area is 171 Å². The molecule has 3 aromatic rings. The number of nitrogens with one attached hydrogen (secondary N) is 1. The molecule has 4 heterocycles. The lowest BCUT2D eigenvalue weighted by molar-refractivity contribution is -0.117. The summed E-state index contributed by atoms with van der Waals surface area (Å²) >= 11 is 0. The Hall–Kier alpha value is -3.30. The van der Waals surface area contributed by atoms with E-state index in [1.807, 2.05) is 24.1 Å². The van der Waals surface area contributed by atoms with Crippen molar-refractivity contribution < 1.29 is 9.18 Å². The highest BCUT2D eigenvalue weighted by molar-refractivity contribution is 6.02. The summed E-state index contributed by atoms with van der Waals surface area (Å²) in [6, 6.07) is 1.93. The summed E-state index contributed by atoms with van der Waals surface area (Å²) in [7, 11) is 1.73. The third kappa shape index (κ3) is 2.36. The molecule has 0 aromatic carbocycles. The summed E-state index contributed by atoms with van der Waals surface area (Å²) in [5.74, 6) is 1.19. The first-order valence-corrected chi connectivity index (χ1v) is 10.1. The number of alkyl halides is 1. The second kappa shape index (κ2) is 5.87. The average molecular weight is 408 g/mol. The van der Waals surface area contributed by atoms with Crippen LogP contribution in [0.2, 0.25) is 0 Å². The van der Waals surface area contributed by atoms with Crippen molar-refractivity contribution in [3.05, 3.63) is 30.4 Å². The summed E-state index contributed by atoms with van der Waals surface area (Å²) in [6.45, 7) is 2.19. The number of carbonyl (C=O) groups is 1. The fraction of sp³-hybridized carbons (Fsp3) is 0.450. The minimum atomic E-state index is -0.792. The van der Waals surface area contributed by atoms with Crippen LogP contribution >= 0.6 is 0 Å². The molecule has 0 radical (unpaired) electrons. The summed E-state index contributed by atoms with van der Waals surface area (Å²) in [6.07, 6.45) is 6.23. The Morgan fingerprint density at radius 2 is 2.10 bits per heavy atom. The van der Waals surface area contributed by atoms with Gasteiger partial charge in [0.25, 0.3) is 0 Å². The number of halogens is 1. The van der Waals surface area contributed by atoms with Gasteiger partial charge in [-0.25, -0.2) is 18.9 Å². The number of aromatic nitrogens is 5. The molecule has 7 rings (SSSR count). The highest BCUT2D eigenvalue weighted by Crippen LogP contribution is 2.58. The van der Waals surface area contributed by atoms with Crippen molar-refractivity contribution >= 4 is 34.7 Å². The first kappa shape index (κ1) is 17.5. The van der Waals surface area contributed by atoms with Crippen molar-refractivity contribution in [2.24, 2.45) is 5.92 Å².